The molecule has 0 spiro atoms. The van der Waals surface area contributed by atoms with E-state index in [1.165, 1.54) is 0 Å². The van der Waals surface area contributed by atoms with Gasteiger partial charge in [-0.3, -0.25) is 10.1 Å². The van der Waals surface area contributed by atoms with E-state index in [-0.39, 0.29) is 11.9 Å². The number of fused-ring (bicyclic) bond motifs is 2. The van der Waals surface area contributed by atoms with Crippen molar-refractivity contribution in [1.29, 1.82) is 0 Å². The van der Waals surface area contributed by atoms with Gasteiger partial charge in [0, 0.05) is 22.5 Å². The number of carbonyl (C=O) groups excluding carboxylic acids is 1. The molecule has 0 aliphatic carbocycles. The molecule has 0 unspecified atom stereocenters. The zero-order chi connectivity index (χ0) is 22.6. The Morgan fingerprint density at radius 1 is 0.970 bits per heavy atom. The smallest absolute Gasteiger partial charge is 0.237 e. The molecule has 0 radical (unpaired) electrons. The summed E-state index contributed by atoms with van der Waals surface area (Å²) < 4.78 is 5.95. The predicted molar refractivity (Wildman–Crippen MR) is 132 cm³/mol. The van der Waals surface area contributed by atoms with E-state index in [1.54, 1.807) is 0 Å². The maximum Gasteiger partial charge on any atom is 0.237 e. The second-order valence-corrected chi connectivity index (χ2v) is 8.39. The highest BCUT2D eigenvalue weighted by Crippen LogP contribution is 2.21. The minimum Gasteiger partial charge on any atom is -0.460 e. The highest BCUT2D eigenvalue weighted by atomic mass is 16.3. The average Bonchev–Trinajstić information content (AvgIpc) is 3.46. The lowest BCUT2D eigenvalue weighted by molar-refractivity contribution is -0.123. The average molecular weight is 438 g/mol. The van der Waals surface area contributed by atoms with E-state index in [1.807, 2.05) is 92.0 Å². The van der Waals surface area contributed by atoms with Crippen LogP contribution < -0.4 is 10.6 Å². The molecule has 2 atom stereocenters. The SMILES string of the molecule is C[C@@H](NC(=O)[C@H](Cc1c[nH]c2ccccc12)NCc1cc2ccccc2o1)c1ccccc1. The van der Waals surface area contributed by atoms with E-state index < -0.39 is 6.04 Å². The summed E-state index contributed by atoms with van der Waals surface area (Å²) >= 11 is 0. The predicted octanol–water partition coefficient (Wildman–Crippen LogP) is 5.49. The van der Waals surface area contributed by atoms with Crippen molar-refractivity contribution < 1.29 is 9.21 Å². The molecule has 0 saturated heterocycles. The molecule has 0 saturated carbocycles. The largest absolute Gasteiger partial charge is 0.460 e. The number of hydrogen-bond donors (Lipinski definition) is 3. The molecule has 2 heterocycles. The number of aromatic nitrogens is 1. The summed E-state index contributed by atoms with van der Waals surface area (Å²) in [5.41, 5.74) is 4.11. The molecule has 166 valence electrons. The van der Waals surface area contributed by atoms with Gasteiger partial charge in [0.25, 0.3) is 0 Å². The summed E-state index contributed by atoms with van der Waals surface area (Å²) in [6.45, 7) is 2.48. The van der Waals surface area contributed by atoms with E-state index >= 15 is 0 Å². The number of hydrogen-bond acceptors (Lipinski definition) is 3. The van der Waals surface area contributed by atoms with Crippen LogP contribution in [-0.2, 0) is 17.8 Å². The molecule has 5 nitrogen and oxygen atoms in total. The molecule has 2 aromatic heterocycles. The minimum atomic E-state index is -0.413. The van der Waals surface area contributed by atoms with Crippen molar-refractivity contribution in [3.63, 3.8) is 0 Å². The van der Waals surface area contributed by atoms with Crippen LogP contribution in [-0.4, -0.2) is 16.9 Å². The van der Waals surface area contributed by atoms with Crippen LogP contribution in [0.25, 0.3) is 21.9 Å². The fraction of sp³-hybridized carbons (Fsp3) is 0.179. The molecule has 5 rings (SSSR count). The van der Waals surface area contributed by atoms with Crippen LogP contribution in [0.5, 0.6) is 0 Å². The van der Waals surface area contributed by atoms with Crippen molar-refractivity contribution in [3.05, 3.63) is 108 Å². The van der Waals surface area contributed by atoms with Crippen molar-refractivity contribution in [1.82, 2.24) is 15.6 Å². The number of rotatable bonds is 8. The zero-order valence-electron chi connectivity index (χ0n) is 18.5. The number of benzene rings is 3. The van der Waals surface area contributed by atoms with Gasteiger partial charge in [-0.15, -0.1) is 0 Å². The first-order valence-electron chi connectivity index (χ1n) is 11.3. The molecular formula is C28H27N3O2. The maximum absolute atomic E-state index is 13.4. The first kappa shape index (κ1) is 21.0. The molecule has 5 aromatic rings. The monoisotopic (exact) mass is 437 g/mol. The number of aromatic amines is 1. The summed E-state index contributed by atoms with van der Waals surface area (Å²) in [5.74, 6) is 0.775. The standard InChI is InChI=1S/C28H27N3O2/c1-19(20-9-3-2-4-10-20)31-28(32)26(16-22-17-29-25-13-7-6-12-24(22)25)30-18-23-15-21-11-5-8-14-27(21)33-23/h2-15,17,19,26,29-30H,16,18H2,1H3,(H,31,32)/t19-,26+/m1/s1. The molecule has 33 heavy (non-hydrogen) atoms. The Balaban J connectivity index is 1.36. The van der Waals surface area contributed by atoms with Crippen LogP contribution in [0.15, 0.2) is 95.5 Å². The first-order chi connectivity index (χ1) is 16.2. The van der Waals surface area contributed by atoms with Crippen LogP contribution in [0, 0.1) is 0 Å². The normalized spacial score (nSPS) is 13.2. The van der Waals surface area contributed by atoms with Gasteiger partial charge >= 0.3 is 0 Å². The van der Waals surface area contributed by atoms with Crippen LogP contribution in [0.1, 0.15) is 29.9 Å². The summed E-state index contributed by atoms with van der Waals surface area (Å²) in [7, 11) is 0. The Morgan fingerprint density at radius 3 is 2.58 bits per heavy atom. The first-order valence-corrected chi connectivity index (χ1v) is 11.3. The molecule has 1 amide bonds. The number of H-pyrrole nitrogens is 1. The lowest BCUT2D eigenvalue weighted by Crippen LogP contribution is -2.46. The van der Waals surface area contributed by atoms with E-state index in [4.69, 9.17) is 4.42 Å². The minimum absolute atomic E-state index is 0.0345. The van der Waals surface area contributed by atoms with E-state index in [2.05, 4.69) is 21.7 Å². The molecule has 5 heteroatoms. The van der Waals surface area contributed by atoms with Gasteiger partial charge in [0.05, 0.1) is 18.6 Å². The third-order valence-electron chi connectivity index (χ3n) is 6.07. The zero-order valence-corrected chi connectivity index (χ0v) is 18.5. The summed E-state index contributed by atoms with van der Waals surface area (Å²) in [6, 6.07) is 27.6. The van der Waals surface area contributed by atoms with Crippen molar-refractivity contribution >= 4 is 27.8 Å². The Kier molecular flexibility index (Phi) is 5.96. The molecular weight excluding hydrogens is 410 g/mol. The van der Waals surface area contributed by atoms with Crippen LogP contribution >= 0.6 is 0 Å². The van der Waals surface area contributed by atoms with Gasteiger partial charge in [-0.1, -0.05) is 66.7 Å². The highest BCUT2D eigenvalue weighted by Gasteiger charge is 2.22. The van der Waals surface area contributed by atoms with Crippen LogP contribution in [0.4, 0.5) is 0 Å². The van der Waals surface area contributed by atoms with Gasteiger partial charge in [-0.2, -0.15) is 0 Å². The number of para-hydroxylation sites is 2. The molecule has 0 fully saturated rings. The van der Waals surface area contributed by atoms with E-state index in [0.717, 1.165) is 38.8 Å². The Labute approximate surface area is 192 Å². The van der Waals surface area contributed by atoms with Crippen molar-refractivity contribution in [3.8, 4) is 0 Å². The molecule has 0 aliphatic heterocycles. The van der Waals surface area contributed by atoms with E-state index in [0.29, 0.717) is 13.0 Å². The lowest BCUT2D eigenvalue weighted by atomic mass is 10.0. The number of carbonyl (C=O) groups is 1. The third kappa shape index (κ3) is 4.69. The summed E-state index contributed by atoms with van der Waals surface area (Å²) in [4.78, 5) is 16.7. The van der Waals surface area contributed by atoms with Gasteiger partial charge in [-0.05, 0) is 42.7 Å². The third-order valence-corrected chi connectivity index (χ3v) is 6.07. The highest BCUT2D eigenvalue weighted by molar-refractivity contribution is 5.86. The van der Waals surface area contributed by atoms with Crippen molar-refractivity contribution in [2.45, 2.75) is 32.0 Å². The Bertz CT molecular complexity index is 1340. The van der Waals surface area contributed by atoms with Crippen LogP contribution in [0.2, 0.25) is 0 Å². The number of furan rings is 1. The van der Waals surface area contributed by atoms with Gasteiger partial charge in [0.2, 0.25) is 5.91 Å². The summed E-state index contributed by atoms with van der Waals surface area (Å²) in [6.07, 6.45) is 2.56. The van der Waals surface area contributed by atoms with Crippen molar-refractivity contribution in [2.24, 2.45) is 0 Å². The quantitative estimate of drug-likeness (QED) is 0.301. The van der Waals surface area contributed by atoms with Crippen LogP contribution in [0.3, 0.4) is 0 Å². The van der Waals surface area contributed by atoms with Crippen molar-refractivity contribution in [2.75, 3.05) is 0 Å². The number of amides is 1. The second kappa shape index (κ2) is 9.35. The number of nitrogens with one attached hydrogen (secondary N) is 3. The Morgan fingerprint density at radius 2 is 1.73 bits per heavy atom. The molecule has 3 N–H and O–H groups in total. The fourth-order valence-electron chi connectivity index (χ4n) is 4.26. The van der Waals surface area contributed by atoms with E-state index in [9.17, 15) is 4.79 Å². The fourth-order valence-corrected chi connectivity index (χ4v) is 4.26. The molecule has 0 bridgehead atoms. The summed E-state index contributed by atoms with van der Waals surface area (Å²) in [5, 5.41) is 8.81. The Hall–Kier alpha value is -3.83. The topological polar surface area (TPSA) is 70.1 Å². The van der Waals surface area contributed by atoms with Gasteiger partial charge in [0.1, 0.15) is 11.3 Å². The molecule has 0 aliphatic rings. The van der Waals surface area contributed by atoms with Gasteiger partial charge in [-0.25, -0.2) is 0 Å². The molecule has 3 aromatic carbocycles. The lowest BCUT2D eigenvalue weighted by Gasteiger charge is -2.21. The van der Waals surface area contributed by atoms with Gasteiger partial charge < -0.3 is 14.7 Å². The maximum atomic E-state index is 13.4. The second-order valence-electron chi connectivity index (χ2n) is 8.39. The van der Waals surface area contributed by atoms with Gasteiger partial charge in [0.15, 0.2) is 0 Å².